The van der Waals surface area contributed by atoms with Gasteiger partial charge < -0.3 is 9.47 Å². The van der Waals surface area contributed by atoms with Gasteiger partial charge in [-0.25, -0.2) is 0 Å². The van der Waals surface area contributed by atoms with Gasteiger partial charge in [-0.3, -0.25) is 24.7 Å². The van der Waals surface area contributed by atoms with Crippen LogP contribution < -0.4 is 0 Å². The number of rotatable bonds is 4. The third-order valence-electron chi connectivity index (χ3n) is 2.15. The highest BCUT2D eigenvalue weighted by atomic mass is 16.6. The third-order valence-corrected chi connectivity index (χ3v) is 2.15. The molecular formula is C14H20N2O6. The zero-order valence-electron chi connectivity index (χ0n) is 13.1. The maximum absolute atomic E-state index is 11.4. The van der Waals surface area contributed by atoms with Crippen molar-refractivity contribution in [2.24, 2.45) is 0 Å². The van der Waals surface area contributed by atoms with Crippen molar-refractivity contribution < 1.29 is 24.0 Å². The Balaban J connectivity index is 0. The molecule has 0 aliphatic rings. The Labute approximate surface area is 128 Å². The molecule has 1 rings (SSSR count). The first kappa shape index (κ1) is 21.5. The largest absolute Gasteiger partial charge is 0.468 e. The number of methoxy groups -OCH3 is 2. The van der Waals surface area contributed by atoms with Crippen LogP contribution in [0, 0.1) is 10.1 Å². The average Bonchev–Trinajstić information content (AvgIpc) is 2.58. The van der Waals surface area contributed by atoms with E-state index in [1.54, 1.807) is 0 Å². The Morgan fingerprint density at radius 1 is 1.18 bits per heavy atom. The van der Waals surface area contributed by atoms with Crippen molar-refractivity contribution in [1.29, 1.82) is 0 Å². The number of carbonyl (C=O) groups is 2. The van der Waals surface area contributed by atoms with E-state index in [4.69, 9.17) is 0 Å². The van der Waals surface area contributed by atoms with Gasteiger partial charge in [0.2, 0.25) is 0 Å². The molecule has 22 heavy (non-hydrogen) atoms. The minimum atomic E-state index is -1.35. The summed E-state index contributed by atoms with van der Waals surface area (Å²) in [6.07, 6.45) is 0.953. The minimum Gasteiger partial charge on any atom is -0.468 e. The van der Waals surface area contributed by atoms with Gasteiger partial charge in [0.1, 0.15) is 6.20 Å². The number of pyridine rings is 1. The van der Waals surface area contributed by atoms with Crippen molar-refractivity contribution in [2.75, 3.05) is 14.2 Å². The molecule has 8 heteroatoms. The lowest BCUT2D eigenvalue weighted by molar-refractivity contribution is -0.385. The summed E-state index contributed by atoms with van der Waals surface area (Å²) in [6, 6.07) is 2.35. The molecule has 0 fully saturated rings. The zero-order chi connectivity index (χ0) is 17.7. The standard InChI is InChI=1S/C10H10N2O6.C2H6.C2H4/c1-17-9(13)8(10(14)18-2)7-4-3-6(5-11-7)12(15)16;2*1-2/h3-5,8H,1-2H3;1-2H3;1-2H2. The normalized spacial score (nSPS) is 8.59. The van der Waals surface area contributed by atoms with E-state index in [-0.39, 0.29) is 11.4 Å². The molecule has 0 aromatic carbocycles. The summed E-state index contributed by atoms with van der Waals surface area (Å²) in [5.41, 5.74) is -0.216. The molecule has 0 aliphatic heterocycles. The van der Waals surface area contributed by atoms with Gasteiger partial charge in [0.05, 0.1) is 24.8 Å². The molecule has 0 N–H and O–H groups in total. The van der Waals surface area contributed by atoms with E-state index in [1.165, 1.54) is 6.07 Å². The lowest BCUT2D eigenvalue weighted by Crippen LogP contribution is -2.25. The van der Waals surface area contributed by atoms with Crippen LogP contribution in [0.2, 0.25) is 0 Å². The molecule has 1 heterocycles. The van der Waals surface area contributed by atoms with E-state index in [9.17, 15) is 19.7 Å². The number of carbonyl (C=O) groups excluding carboxylic acids is 2. The number of hydrogen-bond donors (Lipinski definition) is 0. The van der Waals surface area contributed by atoms with E-state index in [1.807, 2.05) is 13.8 Å². The summed E-state index contributed by atoms with van der Waals surface area (Å²) in [6.45, 7) is 10.0. The van der Waals surface area contributed by atoms with Crippen molar-refractivity contribution >= 4 is 17.6 Å². The summed E-state index contributed by atoms with van der Waals surface area (Å²) < 4.78 is 8.91. The number of ether oxygens (including phenoxy) is 2. The van der Waals surface area contributed by atoms with E-state index in [2.05, 4.69) is 27.6 Å². The van der Waals surface area contributed by atoms with Gasteiger partial charge in [0.25, 0.3) is 5.69 Å². The van der Waals surface area contributed by atoms with Crippen molar-refractivity contribution in [3.8, 4) is 0 Å². The summed E-state index contributed by atoms with van der Waals surface area (Å²) in [4.78, 5) is 36.4. The van der Waals surface area contributed by atoms with Crippen LogP contribution in [0.5, 0.6) is 0 Å². The Hall–Kier alpha value is -2.77. The summed E-state index contributed by atoms with van der Waals surface area (Å²) >= 11 is 0. The summed E-state index contributed by atoms with van der Waals surface area (Å²) in [7, 11) is 2.23. The predicted octanol–water partition coefficient (Wildman–Crippen LogP) is 2.25. The molecule has 0 amide bonds. The Bertz CT molecular complexity index is 471. The third kappa shape index (κ3) is 6.12. The van der Waals surface area contributed by atoms with E-state index in [0.29, 0.717) is 0 Å². The van der Waals surface area contributed by atoms with Gasteiger partial charge in [-0.2, -0.15) is 0 Å². The molecule has 1 aromatic rings. The topological polar surface area (TPSA) is 109 Å². The lowest BCUT2D eigenvalue weighted by atomic mass is 10.1. The molecule has 1 aromatic heterocycles. The maximum atomic E-state index is 11.4. The van der Waals surface area contributed by atoms with E-state index < -0.39 is 22.8 Å². The number of hydrogen-bond acceptors (Lipinski definition) is 7. The highest BCUT2D eigenvalue weighted by molar-refractivity contribution is 6.00. The quantitative estimate of drug-likeness (QED) is 0.276. The molecule has 0 bridgehead atoms. The molecule has 0 radical (unpaired) electrons. The summed E-state index contributed by atoms with van der Waals surface area (Å²) in [5, 5.41) is 10.4. The first-order valence-corrected chi connectivity index (χ1v) is 6.27. The second kappa shape index (κ2) is 12.0. The second-order valence-corrected chi connectivity index (χ2v) is 3.18. The molecule has 8 nitrogen and oxygen atoms in total. The number of nitro groups is 1. The molecule has 0 atom stereocenters. The smallest absolute Gasteiger partial charge is 0.326 e. The summed E-state index contributed by atoms with van der Waals surface area (Å²) in [5.74, 6) is -3.03. The van der Waals surface area contributed by atoms with Crippen LogP contribution in [0.4, 0.5) is 5.69 Å². The molecular weight excluding hydrogens is 292 g/mol. The number of aromatic nitrogens is 1. The monoisotopic (exact) mass is 312 g/mol. The lowest BCUT2D eigenvalue weighted by Gasteiger charge is -2.11. The van der Waals surface area contributed by atoms with Gasteiger partial charge in [-0.05, 0) is 6.07 Å². The van der Waals surface area contributed by atoms with Crippen molar-refractivity contribution in [1.82, 2.24) is 4.98 Å². The molecule has 0 spiro atoms. The fraction of sp³-hybridized carbons (Fsp3) is 0.357. The second-order valence-electron chi connectivity index (χ2n) is 3.18. The van der Waals surface area contributed by atoms with Crippen molar-refractivity contribution in [3.63, 3.8) is 0 Å². The molecule has 0 unspecified atom stereocenters. The number of esters is 2. The highest BCUT2D eigenvalue weighted by Gasteiger charge is 2.32. The van der Waals surface area contributed by atoms with Gasteiger partial charge in [0.15, 0.2) is 5.92 Å². The fourth-order valence-electron chi connectivity index (χ4n) is 1.25. The number of nitrogens with zero attached hydrogens (tertiary/aromatic N) is 2. The molecule has 0 aliphatic carbocycles. The highest BCUT2D eigenvalue weighted by Crippen LogP contribution is 2.19. The van der Waals surface area contributed by atoms with Crippen LogP contribution in [0.1, 0.15) is 25.5 Å². The molecule has 122 valence electrons. The first-order chi connectivity index (χ1) is 10.5. The Kier molecular flexibility index (Phi) is 11.7. The average molecular weight is 312 g/mol. The van der Waals surface area contributed by atoms with E-state index in [0.717, 1.165) is 26.5 Å². The fourth-order valence-corrected chi connectivity index (χ4v) is 1.25. The Morgan fingerprint density at radius 3 is 1.91 bits per heavy atom. The maximum Gasteiger partial charge on any atom is 0.326 e. The van der Waals surface area contributed by atoms with Crippen LogP contribution in [0.25, 0.3) is 0 Å². The SMILES string of the molecule is C=C.CC.COC(=O)C(C(=O)OC)c1ccc([N+](=O)[O-])cn1. The zero-order valence-corrected chi connectivity index (χ0v) is 13.1. The van der Waals surface area contributed by atoms with Crippen LogP contribution in [0.15, 0.2) is 31.5 Å². The van der Waals surface area contributed by atoms with Crippen LogP contribution in [-0.2, 0) is 19.1 Å². The van der Waals surface area contributed by atoms with Gasteiger partial charge >= 0.3 is 11.9 Å². The van der Waals surface area contributed by atoms with Crippen molar-refractivity contribution in [3.05, 3.63) is 47.3 Å². The van der Waals surface area contributed by atoms with Crippen LogP contribution in [0.3, 0.4) is 0 Å². The molecule has 0 saturated heterocycles. The molecule has 0 saturated carbocycles. The Morgan fingerprint density at radius 2 is 1.64 bits per heavy atom. The van der Waals surface area contributed by atoms with Gasteiger partial charge in [-0.1, -0.05) is 13.8 Å². The first-order valence-electron chi connectivity index (χ1n) is 6.27. The van der Waals surface area contributed by atoms with Crippen molar-refractivity contribution in [2.45, 2.75) is 19.8 Å². The van der Waals surface area contributed by atoms with E-state index >= 15 is 0 Å². The van der Waals surface area contributed by atoms with Crippen LogP contribution >= 0.6 is 0 Å². The predicted molar refractivity (Wildman–Crippen MR) is 80.3 cm³/mol. The van der Waals surface area contributed by atoms with Gasteiger partial charge in [0, 0.05) is 6.07 Å². The minimum absolute atomic E-state index is 0.0271. The van der Waals surface area contributed by atoms with Gasteiger partial charge in [-0.15, -0.1) is 13.2 Å². The van der Waals surface area contributed by atoms with Crippen LogP contribution in [-0.4, -0.2) is 36.1 Å².